The lowest BCUT2D eigenvalue weighted by Crippen LogP contribution is -2.40. The molecular formula is C18H24N4O3. The Bertz CT molecular complexity index is 699. The molecule has 2 atom stereocenters. The van der Waals surface area contributed by atoms with Gasteiger partial charge < -0.3 is 14.8 Å². The molecule has 0 bridgehead atoms. The number of hydrogen-bond donors (Lipinski definition) is 1. The first kappa shape index (κ1) is 17.4. The van der Waals surface area contributed by atoms with Gasteiger partial charge in [-0.1, -0.05) is 17.3 Å². The molecule has 0 aliphatic carbocycles. The maximum Gasteiger partial charge on any atom is 0.223 e. The Morgan fingerprint density at radius 2 is 2.16 bits per heavy atom. The number of nitrogens with one attached hydrogen (secondary N) is 1. The van der Waals surface area contributed by atoms with Crippen LogP contribution in [0.5, 0.6) is 5.75 Å². The van der Waals surface area contributed by atoms with Crippen molar-refractivity contribution in [3.63, 3.8) is 0 Å². The molecule has 1 aliphatic rings. The van der Waals surface area contributed by atoms with Gasteiger partial charge >= 0.3 is 0 Å². The molecule has 2 aromatic rings. The van der Waals surface area contributed by atoms with Crippen LogP contribution in [-0.2, 0) is 29.1 Å². The fourth-order valence-electron chi connectivity index (χ4n) is 2.99. The molecule has 0 saturated carbocycles. The highest BCUT2D eigenvalue weighted by Crippen LogP contribution is 2.19. The van der Waals surface area contributed by atoms with E-state index >= 15 is 0 Å². The molecular weight excluding hydrogens is 320 g/mol. The van der Waals surface area contributed by atoms with Crippen LogP contribution < -0.4 is 10.1 Å². The Balaban J connectivity index is 1.75. The molecule has 0 radical (unpaired) electrons. The number of nitrogens with zero attached hydrogens (tertiary/aromatic N) is 3. The summed E-state index contributed by atoms with van der Waals surface area (Å²) in [4.78, 5) is 12.7. The summed E-state index contributed by atoms with van der Waals surface area (Å²) in [6.45, 7) is 2.75. The van der Waals surface area contributed by atoms with Crippen LogP contribution in [0.3, 0.4) is 0 Å². The first-order valence-electron chi connectivity index (χ1n) is 8.54. The maximum absolute atomic E-state index is 12.7. The van der Waals surface area contributed by atoms with Crippen molar-refractivity contribution < 1.29 is 14.3 Å². The Hall–Kier alpha value is -2.41. The summed E-state index contributed by atoms with van der Waals surface area (Å²) in [6.07, 6.45) is 3.90. The summed E-state index contributed by atoms with van der Waals surface area (Å²) in [5.74, 6) is 0.765. The first-order chi connectivity index (χ1) is 12.2. The van der Waals surface area contributed by atoms with Gasteiger partial charge in [-0.05, 0) is 43.9 Å². The van der Waals surface area contributed by atoms with Crippen molar-refractivity contribution in [1.29, 1.82) is 0 Å². The zero-order valence-electron chi connectivity index (χ0n) is 14.6. The number of hydrogen-bond acceptors (Lipinski definition) is 5. The Kier molecular flexibility index (Phi) is 5.65. The number of fused-ring (bicyclic) bond motifs is 1. The van der Waals surface area contributed by atoms with Crippen molar-refractivity contribution in [3.8, 4) is 5.75 Å². The lowest BCUT2D eigenvalue weighted by Gasteiger charge is -2.19. The summed E-state index contributed by atoms with van der Waals surface area (Å²) >= 11 is 0. The van der Waals surface area contributed by atoms with Gasteiger partial charge in [0.05, 0.1) is 25.6 Å². The van der Waals surface area contributed by atoms with E-state index in [1.807, 2.05) is 31.2 Å². The van der Waals surface area contributed by atoms with Crippen molar-refractivity contribution in [2.75, 3.05) is 13.7 Å². The van der Waals surface area contributed by atoms with Crippen LogP contribution in [0.25, 0.3) is 0 Å². The van der Waals surface area contributed by atoms with Gasteiger partial charge in [0.15, 0.2) is 0 Å². The number of benzene rings is 1. The van der Waals surface area contributed by atoms with Crippen molar-refractivity contribution in [1.82, 2.24) is 20.3 Å². The predicted octanol–water partition coefficient (Wildman–Crippen LogP) is 1.57. The number of carbonyl (C=O) groups is 1. The van der Waals surface area contributed by atoms with Gasteiger partial charge in [-0.2, -0.15) is 0 Å². The molecule has 3 rings (SSSR count). The van der Waals surface area contributed by atoms with E-state index in [0.29, 0.717) is 19.8 Å². The normalized spacial score (nSPS) is 21.8. The van der Waals surface area contributed by atoms with E-state index < -0.39 is 0 Å². The minimum absolute atomic E-state index is 0.0454. The van der Waals surface area contributed by atoms with E-state index in [1.165, 1.54) is 0 Å². The van der Waals surface area contributed by atoms with Crippen LogP contribution in [0.2, 0.25) is 0 Å². The van der Waals surface area contributed by atoms with E-state index in [-0.39, 0.29) is 17.9 Å². The second-order valence-corrected chi connectivity index (χ2v) is 6.42. The minimum atomic E-state index is -0.114. The standard InChI is InChI=1S/C18H24N4O3/c1-13-11-25-12-22-16(10-19-21-22)6-5-15(18(23)20-13)9-14-3-7-17(24-2)8-4-14/h3-4,7-8,10,13,15H,5-6,9,11-12H2,1-2H3,(H,20,23)/t13-,15-/m0/s1. The van der Waals surface area contributed by atoms with Crippen LogP contribution in [0, 0.1) is 5.92 Å². The molecule has 134 valence electrons. The average molecular weight is 344 g/mol. The lowest BCUT2D eigenvalue weighted by atomic mass is 9.93. The van der Waals surface area contributed by atoms with E-state index in [2.05, 4.69) is 15.6 Å². The molecule has 2 heterocycles. The highest BCUT2D eigenvalue weighted by Gasteiger charge is 2.22. The van der Waals surface area contributed by atoms with Gasteiger partial charge in [-0.3, -0.25) is 4.79 Å². The van der Waals surface area contributed by atoms with Crippen molar-refractivity contribution in [2.45, 2.75) is 39.0 Å². The minimum Gasteiger partial charge on any atom is -0.497 e. The number of rotatable bonds is 3. The van der Waals surface area contributed by atoms with E-state index in [9.17, 15) is 4.79 Å². The number of aryl methyl sites for hydroxylation is 1. The van der Waals surface area contributed by atoms with Crippen LogP contribution in [0.4, 0.5) is 0 Å². The summed E-state index contributed by atoms with van der Waals surface area (Å²) < 4.78 is 12.6. The number of aromatic nitrogens is 3. The van der Waals surface area contributed by atoms with Gasteiger partial charge in [0, 0.05) is 12.0 Å². The van der Waals surface area contributed by atoms with Crippen molar-refractivity contribution in [3.05, 3.63) is 41.7 Å². The number of methoxy groups -OCH3 is 1. The molecule has 1 amide bonds. The second-order valence-electron chi connectivity index (χ2n) is 6.42. The zero-order chi connectivity index (χ0) is 17.6. The van der Waals surface area contributed by atoms with Crippen LogP contribution in [0.1, 0.15) is 24.6 Å². The quantitative estimate of drug-likeness (QED) is 0.914. The smallest absolute Gasteiger partial charge is 0.223 e. The van der Waals surface area contributed by atoms with E-state index in [1.54, 1.807) is 18.0 Å². The number of ether oxygens (including phenoxy) is 2. The van der Waals surface area contributed by atoms with Crippen LogP contribution in [-0.4, -0.2) is 40.7 Å². The number of amides is 1. The molecule has 1 aromatic heterocycles. The molecule has 7 nitrogen and oxygen atoms in total. The van der Waals surface area contributed by atoms with Gasteiger partial charge in [0.1, 0.15) is 12.5 Å². The molecule has 25 heavy (non-hydrogen) atoms. The zero-order valence-corrected chi connectivity index (χ0v) is 14.6. The van der Waals surface area contributed by atoms with Crippen LogP contribution >= 0.6 is 0 Å². The summed E-state index contributed by atoms with van der Waals surface area (Å²) in [5, 5.41) is 11.1. The summed E-state index contributed by atoms with van der Waals surface area (Å²) in [7, 11) is 1.65. The molecule has 7 heteroatoms. The highest BCUT2D eigenvalue weighted by molar-refractivity contribution is 5.79. The largest absolute Gasteiger partial charge is 0.497 e. The third-order valence-corrected chi connectivity index (χ3v) is 4.43. The van der Waals surface area contributed by atoms with Crippen molar-refractivity contribution >= 4 is 5.91 Å². The Labute approximate surface area is 147 Å². The van der Waals surface area contributed by atoms with Gasteiger partial charge in [-0.25, -0.2) is 4.68 Å². The molecule has 0 unspecified atom stereocenters. The fourth-order valence-corrected chi connectivity index (χ4v) is 2.99. The van der Waals surface area contributed by atoms with Gasteiger partial charge in [0.25, 0.3) is 0 Å². The third kappa shape index (κ3) is 4.57. The fraction of sp³-hybridized carbons (Fsp3) is 0.500. The van der Waals surface area contributed by atoms with Gasteiger partial charge in [0.2, 0.25) is 5.91 Å². The molecule has 1 N–H and O–H groups in total. The molecule has 0 spiro atoms. The molecule has 0 fully saturated rings. The summed E-state index contributed by atoms with van der Waals surface area (Å²) in [5.41, 5.74) is 2.11. The molecule has 1 aromatic carbocycles. The Morgan fingerprint density at radius 1 is 1.36 bits per heavy atom. The lowest BCUT2D eigenvalue weighted by molar-refractivity contribution is -0.126. The molecule has 0 saturated heterocycles. The van der Waals surface area contributed by atoms with E-state index in [4.69, 9.17) is 9.47 Å². The first-order valence-corrected chi connectivity index (χ1v) is 8.54. The third-order valence-electron chi connectivity index (χ3n) is 4.43. The van der Waals surface area contributed by atoms with Crippen LogP contribution in [0.15, 0.2) is 30.5 Å². The SMILES string of the molecule is COc1ccc(C[C@@H]2CCc3cnnn3COC[C@H](C)NC2=O)cc1. The van der Waals surface area contributed by atoms with Crippen molar-refractivity contribution in [2.24, 2.45) is 5.92 Å². The Morgan fingerprint density at radius 3 is 2.92 bits per heavy atom. The van der Waals surface area contributed by atoms with Gasteiger partial charge in [-0.15, -0.1) is 5.10 Å². The highest BCUT2D eigenvalue weighted by atomic mass is 16.5. The molecule has 1 aliphatic heterocycles. The topological polar surface area (TPSA) is 78.3 Å². The second kappa shape index (κ2) is 8.11. The average Bonchev–Trinajstić information content (AvgIpc) is 3.05. The predicted molar refractivity (Wildman–Crippen MR) is 92.1 cm³/mol. The maximum atomic E-state index is 12.7. The number of carbonyl (C=O) groups excluding carboxylic acids is 1. The monoisotopic (exact) mass is 344 g/mol. The van der Waals surface area contributed by atoms with E-state index in [0.717, 1.165) is 29.8 Å². The summed E-state index contributed by atoms with van der Waals surface area (Å²) in [6, 6.07) is 7.82.